The van der Waals surface area contributed by atoms with Gasteiger partial charge in [-0.15, -0.1) is 0 Å². The second-order valence-corrected chi connectivity index (χ2v) is 3.02. The molecule has 1 aliphatic rings. The van der Waals surface area contributed by atoms with Crippen LogP contribution < -0.4 is 0 Å². The predicted molar refractivity (Wildman–Crippen MR) is 42.1 cm³/mol. The highest BCUT2D eigenvalue weighted by molar-refractivity contribution is 4.74. The Morgan fingerprint density at radius 2 is 2.40 bits per heavy atom. The molecule has 1 saturated heterocycles. The maximum absolute atomic E-state index is 5.01. The summed E-state index contributed by atoms with van der Waals surface area (Å²) in [4.78, 5) is 2.49. The fraction of sp³-hybridized carbons (Fsp3) is 1.00. The molecule has 1 heterocycles. The molecule has 0 aromatic carbocycles. The summed E-state index contributed by atoms with van der Waals surface area (Å²) in [5.74, 6) is 0. The minimum absolute atomic E-state index is 0.787. The molecule has 1 rings (SSSR count). The Bertz CT molecular complexity index is 95.3. The zero-order valence-electron chi connectivity index (χ0n) is 6.97. The maximum atomic E-state index is 5.01. The summed E-state index contributed by atoms with van der Waals surface area (Å²) >= 11 is 0. The van der Waals surface area contributed by atoms with E-state index in [4.69, 9.17) is 4.74 Å². The Balaban J connectivity index is 2.14. The summed E-state index contributed by atoms with van der Waals surface area (Å²) < 4.78 is 5.01. The van der Waals surface area contributed by atoms with Crippen molar-refractivity contribution in [2.24, 2.45) is 0 Å². The molecule has 0 radical (unpaired) electrons. The van der Waals surface area contributed by atoms with Crippen molar-refractivity contribution in [3.8, 4) is 0 Å². The van der Waals surface area contributed by atoms with E-state index in [1.165, 1.54) is 19.4 Å². The number of ether oxygens (including phenoxy) is 1. The first-order chi connectivity index (χ1) is 4.84. The van der Waals surface area contributed by atoms with E-state index in [2.05, 4.69) is 11.8 Å². The molecule has 0 amide bonds. The molecular formula is C8H17NO. The van der Waals surface area contributed by atoms with E-state index in [0.29, 0.717) is 0 Å². The molecule has 0 saturated carbocycles. The molecular weight excluding hydrogens is 126 g/mol. The Hall–Kier alpha value is -0.0800. The summed E-state index contributed by atoms with van der Waals surface area (Å²) in [6, 6.07) is 0.787. The topological polar surface area (TPSA) is 12.5 Å². The zero-order valence-corrected chi connectivity index (χ0v) is 6.97. The van der Waals surface area contributed by atoms with Gasteiger partial charge in [-0.3, -0.25) is 4.90 Å². The Labute approximate surface area is 63.2 Å². The van der Waals surface area contributed by atoms with Crippen LogP contribution in [-0.2, 0) is 4.74 Å². The third-order valence-electron chi connectivity index (χ3n) is 2.27. The van der Waals surface area contributed by atoms with Crippen molar-refractivity contribution >= 4 is 0 Å². The van der Waals surface area contributed by atoms with Gasteiger partial charge in [0.2, 0.25) is 0 Å². The van der Waals surface area contributed by atoms with E-state index in [0.717, 1.165) is 19.2 Å². The van der Waals surface area contributed by atoms with Gasteiger partial charge in [0.15, 0.2) is 0 Å². The van der Waals surface area contributed by atoms with Crippen LogP contribution >= 0.6 is 0 Å². The fourth-order valence-electron chi connectivity index (χ4n) is 1.53. The standard InChI is InChI=1S/C8H17NO/c1-8-4-3-5-9(8)6-7-10-2/h8H,3-7H2,1-2H3. The lowest BCUT2D eigenvalue weighted by atomic mass is 10.2. The molecule has 1 atom stereocenters. The van der Waals surface area contributed by atoms with Crippen LogP contribution in [0, 0.1) is 0 Å². The molecule has 2 nitrogen and oxygen atoms in total. The van der Waals surface area contributed by atoms with Gasteiger partial charge >= 0.3 is 0 Å². The zero-order chi connectivity index (χ0) is 7.40. The summed E-state index contributed by atoms with van der Waals surface area (Å²) in [7, 11) is 1.76. The van der Waals surface area contributed by atoms with Crippen LogP contribution in [0.25, 0.3) is 0 Å². The van der Waals surface area contributed by atoms with Crippen molar-refractivity contribution in [3.63, 3.8) is 0 Å². The van der Waals surface area contributed by atoms with Crippen LogP contribution in [0.2, 0.25) is 0 Å². The van der Waals surface area contributed by atoms with Crippen molar-refractivity contribution in [1.82, 2.24) is 4.90 Å². The summed E-state index contributed by atoms with van der Waals surface area (Å²) in [6.07, 6.45) is 2.73. The van der Waals surface area contributed by atoms with Crippen molar-refractivity contribution in [2.45, 2.75) is 25.8 Å². The molecule has 1 aliphatic heterocycles. The third-order valence-corrected chi connectivity index (χ3v) is 2.27. The second-order valence-electron chi connectivity index (χ2n) is 3.02. The van der Waals surface area contributed by atoms with Crippen LogP contribution in [0.5, 0.6) is 0 Å². The van der Waals surface area contributed by atoms with E-state index in [1.807, 2.05) is 0 Å². The molecule has 2 heteroatoms. The number of nitrogens with zero attached hydrogens (tertiary/aromatic N) is 1. The Morgan fingerprint density at radius 1 is 1.60 bits per heavy atom. The molecule has 0 aromatic rings. The maximum Gasteiger partial charge on any atom is 0.0589 e. The normalized spacial score (nSPS) is 27.6. The third kappa shape index (κ3) is 1.96. The van der Waals surface area contributed by atoms with E-state index < -0.39 is 0 Å². The first kappa shape index (κ1) is 8.02. The van der Waals surface area contributed by atoms with Gasteiger partial charge in [-0.05, 0) is 26.3 Å². The molecule has 0 spiro atoms. The fourth-order valence-corrected chi connectivity index (χ4v) is 1.53. The van der Waals surface area contributed by atoms with Gasteiger partial charge in [-0.2, -0.15) is 0 Å². The highest BCUT2D eigenvalue weighted by Gasteiger charge is 2.18. The number of likely N-dealkylation sites (tertiary alicyclic amines) is 1. The van der Waals surface area contributed by atoms with Gasteiger partial charge in [0.25, 0.3) is 0 Å². The first-order valence-electron chi connectivity index (χ1n) is 4.07. The van der Waals surface area contributed by atoms with Crippen molar-refractivity contribution in [1.29, 1.82) is 0 Å². The van der Waals surface area contributed by atoms with Crippen LogP contribution in [0.3, 0.4) is 0 Å². The molecule has 1 fully saturated rings. The summed E-state index contributed by atoms with van der Waals surface area (Å²) in [5.41, 5.74) is 0. The minimum Gasteiger partial charge on any atom is -0.383 e. The quantitative estimate of drug-likeness (QED) is 0.587. The highest BCUT2D eigenvalue weighted by Crippen LogP contribution is 2.14. The summed E-state index contributed by atoms with van der Waals surface area (Å²) in [6.45, 7) is 5.55. The molecule has 1 unspecified atom stereocenters. The Kier molecular flexibility index (Phi) is 3.16. The smallest absolute Gasteiger partial charge is 0.0589 e. The van der Waals surface area contributed by atoms with Gasteiger partial charge in [0, 0.05) is 19.7 Å². The average Bonchev–Trinajstić information content (AvgIpc) is 2.31. The van der Waals surface area contributed by atoms with Crippen molar-refractivity contribution < 1.29 is 4.74 Å². The van der Waals surface area contributed by atoms with Gasteiger partial charge in [-0.1, -0.05) is 0 Å². The van der Waals surface area contributed by atoms with Gasteiger partial charge in [0.1, 0.15) is 0 Å². The monoisotopic (exact) mass is 143 g/mol. The van der Waals surface area contributed by atoms with Crippen molar-refractivity contribution in [3.05, 3.63) is 0 Å². The number of methoxy groups -OCH3 is 1. The number of hydrogen-bond donors (Lipinski definition) is 0. The molecule has 10 heavy (non-hydrogen) atoms. The number of rotatable bonds is 3. The van der Waals surface area contributed by atoms with E-state index in [-0.39, 0.29) is 0 Å². The summed E-state index contributed by atoms with van der Waals surface area (Å²) in [5, 5.41) is 0. The van der Waals surface area contributed by atoms with E-state index in [1.54, 1.807) is 7.11 Å². The lowest BCUT2D eigenvalue weighted by molar-refractivity contribution is 0.145. The molecule has 0 aliphatic carbocycles. The second kappa shape index (κ2) is 3.94. The van der Waals surface area contributed by atoms with Gasteiger partial charge in [-0.25, -0.2) is 0 Å². The largest absolute Gasteiger partial charge is 0.383 e. The van der Waals surface area contributed by atoms with Crippen LogP contribution in [0.4, 0.5) is 0 Å². The van der Waals surface area contributed by atoms with Gasteiger partial charge < -0.3 is 4.74 Å². The lowest BCUT2D eigenvalue weighted by Crippen LogP contribution is -2.30. The minimum atomic E-state index is 0.787. The molecule has 0 aromatic heterocycles. The average molecular weight is 143 g/mol. The Morgan fingerprint density at radius 3 is 2.90 bits per heavy atom. The highest BCUT2D eigenvalue weighted by atomic mass is 16.5. The van der Waals surface area contributed by atoms with Gasteiger partial charge in [0.05, 0.1) is 6.61 Å². The molecule has 0 N–H and O–H groups in total. The first-order valence-corrected chi connectivity index (χ1v) is 4.07. The molecule has 60 valence electrons. The van der Waals surface area contributed by atoms with E-state index >= 15 is 0 Å². The van der Waals surface area contributed by atoms with Crippen LogP contribution in [0.15, 0.2) is 0 Å². The van der Waals surface area contributed by atoms with Crippen molar-refractivity contribution in [2.75, 3.05) is 26.8 Å². The van der Waals surface area contributed by atoms with E-state index in [9.17, 15) is 0 Å². The predicted octanol–water partition coefficient (Wildman–Crippen LogP) is 1.12. The number of hydrogen-bond acceptors (Lipinski definition) is 2. The van der Waals surface area contributed by atoms with Crippen LogP contribution in [-0.4, -0.2) is 37.7 Å². The lowest BCUT2D eigenvalue weighted by Gasteiger charge is -2.19. The molecule has 0 bridgehead atoms. The SMILES string of the molecule is COCCN1CCCC1C. The van der Waals surface area contributed by atoms with Crippen LogP contribution in [0.1, 0.15) is 19.8 Å².